The quantitative estimate of drug-likeness (QED) is 0.629. The zero-order valence-corrected chi connectivity index (χ0v) is 17.0. The second-order valence-corrected chi connectivity index (χ2v) is 8.37. The van der Waals surface area contributed by atoms with Crippen LogP contribution in [0.2, 0.25) is 0 Å². The van der Waals surface area contributed by atoms with Gasteiger partial charge in [-0.25, -0.2) is 9.07 Å². The number of nitrogens with zero attached hydrogens (tertiary/aromatic N) is 4. The lowest BCUT2D eigenvalue weighted by Crippen LogP contribution is -2.40. The first-order valence-electron chi connectivity index (χ1n) is 10.7. The summed E-state index contributed by atoms with van der Waals surface area (Å²) in [5.74, 6) is 1.08. The molecule has 7 nitrogen and oxygen atoms in total. The van der Waals surface area contributed by atoms with E-state index in [0.717, 1.165) is 37.0 Å². The summed E-state index contributed by atoms with van der Waals surface area (Å²) in [5.41, 5.74) is 1.60. The molecule has 2 fully saturated rings. The normalized spacial score (nSPS) is 17.1. The fraction of sp³-hybridized carbons (Fsp3) is 0.391. The van der Waals surface area contributed by atoms with Crippen LogP contribution in [-0.2, 0) is 6.54 Å². The molecule has 8 heteroatoms. The maximum atomic E-state index is 13.2. The third-order valence-electron chi connectivity index (χ3n) is 6.07. The van der Waals surface area contributed by atoms with Crippen LogP contribution < -0.4 is 5.56 Å². The first kappa shape index (κ1) is 19.7. The molecule has 0 radical (unpaired) electrons. The average molecular weight is 422 g/mol. The monoisotopic (exact) mass is 422 g/mol. The van der Waals surface area contributed by atoms with E-state index >= 15 is 0 Å². The molecule has 31 heavy (non-hydrogen) atoms. The summed E-state index contributed by atoms with van der Waals surface area (Å²) in [6.45, 7) is 1.72. The third-order valence-corrected chi connectivity index (χ3v) is 6.07. The van der Waals surface area contributed by atoms with Crippen LogP contribution in [0.4, 0.5) is 4.39 Å². The fourth-order valence-electron chi connectivity index (χ4n) is 4.03. The lowest BCUT2D eigenvalue weighted by atomic mass is 9.96. The van der Waals surface area contributed by atoms with Crippen LogP contribution in [-0.4, -0.2) is 38.8 Å². The van der Waals surface area contributed by atoms with Crippen LogP contribution in [0.5, 0.6) is 0 Å². The van der Waals surface area contributed by atoms with Crippen molar-refractivity contribution in [1.29, 1.82) is 0 Å². The number of benzene rings is 1. The van der Waals surface area contributed by atoms with Gasteiger partial charge in [-0.1, -0.05) is 5.16 Å². The van der Waals surface area contributed by atoms with Crippen LogP contribution in [0.25, 0.3) is 11.3 Å². The van der Waals surface area contributed by atoms with Crippen molar-refractivity contribution in [1.82, 2.24) is 19.8 Å². The van der Waals surface area contributed by atoms with Gasteiger partial charge in [-0.05, 0) is 61.9 Å². The summed E-state index contributed by atoms with van der Waals surface area (Å²) >= 11 is 0. The number of likely N-dealkylation sites (tertiary alicyclic amines) is 1. The highest BCUT2D eigenvalue weighted by molar-refractivity contribution is 5.92. The Bertz CT molecular complexity index is 1140. The lowest BCUT2D eigenvalue weighted by molar-refractivity contribution is 0.0670. The summed E-state index contributed by atoms with van der Waals surface area (Å²) in [4.78, 5) is 26.8. The summed E-state index contributed by atoms with van der Waals surface area (Å²) < 4.78 is 20.0. The molecule has 2 aliphatic rings. The van der Waals surface area contributed by atoms with Crippen molar-refractivity contribution < 1.29 is 13.7 Å². The van der Waals surface area contributed by atoms with Gasteiger partial charge in [0, 0.05) is 43.2 Å². The van der Waals surface area contributed by atoms with Crippen LogP contribution in [0.1, 0.15) is 47.8 Å². The fourth-order valence-corrected chi connectivity index (χ4v) is 4.03. The van der Waals surface area contributed by atoms with Crippen molar-refractivity contribution in [3.05, 3.63) is 70.1 Å². The molecule has 0 spiro atoms. The molecule has 5 rings (SSSR count). The van der Waals surface area contributed by atoms with Crippen LogP contribution in [0.15, 0.2) is 51.8 Å². The van der Waals surface area contributed by atoms with E-state index in [1.807, 2.05) is 0 Å². The largest absolute Gasteiger partial charge is 0.360 e. The van der Waals surface area contributed by atoms with Gasteiger partial charge in [0.05, 0.1) is 5.69 Å². The predicted octanol–water partition coefficient (Wildman–Crippen LogP) is 3.47. The van der Waals surface area contributed by atoms with Crippen molar-refractivity contribution in [2.24, 2.45) is 5.92 Å². The van der Waals surface area contributed by atoms with Gasteiger partial charge in [0.25, 0.3) is 11.5 Å². The number of hydrogen-bond donors (Lipinski definition) is 0. The number of carbonyl (C=O) groups excluding carboxylic acids is 1. The van der Waals surface area contributed by atoms with Crippen molar-refractivity contribution >= 4 is 5.91 Å². The zero-order chi connectivity index (χ0) is 21.4. The van der Waals surface area contributed by atoms with E-state index in [0.29, 0.717) is 36.9 Å². The minimum Gasteiger partial charge on any atom is -0.360 e. The molecule has 1 aliphatic carbocycles. The molecule has 0 unspecified atom stereocenters. The van der Waals surface area contributed by atoms with Crippen LogP contribution in [0.3, 0.4) is 0 Å². The van der Waals surface area contributed by atoms with Gasteiger partial charge in [0.15, 0.2) is 5.69 Å². The van der Waals surface area contributed by atoms with E-state index < -0.39 is 0 Å². The van der Waals surface area contributed by atoms with Crippen molar-refractivity contribution in [2.75, 3.05) is 13.1 Å². The highest BCUT2D eigenvalue weighted by Crippen LogP contribution is 2.40. The van der Waals surface area contributed by atoms with Crippen LogP contribution >= 0.6 is 0 Å². The Kier molecular flexibility index (Phi) is 5.13. The maximum absolute atomic E-state index is 13.2. The topological polar surface area (TPSA) is 81.2 Å². The molecular weight excluding hydrogens is 399 g/mol. The SMILES string of the molecule is O=C(c1cc(C2CC2)on1)N1CCC(Cn2nc(-c3ccc(F)cc3)ccc2=O)CC1. The molecule has 1 amide bonds. The van der Waals surface area contributed by atoms with Gasteiger partial charge >= 0.3 is 0 Å². The standard InChI is InChI=1S/C23H23FN4O3/c24-18-5-3-16(4-6-18)19-7-8-22(29)28(25-19)14-15-9-11-27(12-10-15)23(30)20-13-21(31-26-20)17-1-2-17/h3-8,13,15,17H,1-2,9-12,14H2. The molecule has 3 heterocycles. The third kappa shape index (κ3) is 4.28. The van der Waals surface area contributed by atoms with E-state index in [1.54, 1.807) is 29.2 Å². The molecule has 160 valence electrons. The van der Waals surface area contributed by atoms with Gasteiger partial charge < -0.3 is 9.42 Å². The highest BCUT2D eigenvalue weighted by atomic mass is 19.1. The Balaban J connectivity index is 1.22. The van der Waals surface area contributed by atoms with E-state index in [-0.39, 0.29) is 23.2 Å². The number of hydrogen-bond acceptors (Lipinski definition) is 5. The summed E-state index contributed by atoms with van der Waals surface area (Å²) in [6.07, 6.45) is 3.77. The molecule has 3 aromatic rings. The Morgan fingerprint density at radius 1 is 1.06 bits per heavy atom. The minimum atomic E-state index is -0.312. The summed E-state index contributed by atoms with van der Waals surface area (Å²) in [5, 5.41) is 8.42. The van der Waals surface area contributed by atoms with Gasteiger partial charge in [0.2, 0.25) is 0 Å². The summed E-state index contributed by atoms with van der Waals surface area (Å²) in [6, 6.07) is 11.0. The number of amides is 1. The first-order valence-corrected chi connectivity index (χ1v) is 10.7. The molecule has 1 aromatic carbocycles. The Morgan fingerprint density at radius 3 is 2.52 bits per heavy atom. The number of piperidine rings is 1. The minimum absolute atomic E-state index is 0.0947. The van der Waals surface area contributed by atoms with Gasteiger partial charge in [-0.15, -0.1) is 0 Å². The molecule has 0 bridgehead atoms. The molecule has 2 aromatic heterocycles. The maximum Gasteiger partial charge on any atom is 0.276 e. The molecule has 1 saturated heterocycles. The zero-order valence-electron chi connectivity index (χ0n) is 17.0. The molecule has 0 N–H and O–H groups in total. The number of rotatable bonds is 5. The Morgan fingerprint density at radius 2 is 1.81 bits per heavy atom. The molecule has 1 saturated carbocycles. The number of halogens is 1. The van der Waals surface area contributed by atoms with E-state index in [2.05, 4.69) is 10.3 Å². The van der Waals surface area contributed by atoms with E-state index in [1.165, 1.54) is 22.9 Å². The second kappa shape index (κ2) is 8.09. The average Bonchev–Trinajstić information content (AvgIpc) is 3.52. The van der Waals surface area contributed by atoms with Crippen molar-refractivity contribution in [3.8, 4) is 11.3 Å². The lowest BCUT2D eigenvalue weighted by Gasteiger charge is -2.31. The van der Waals surface area contributed by atoms with Gasteiger partial charge in [0.1, 0.15) is 11.6 Å². The van der Waals surface area contributed by atoms with E-state index in [4.69, 9.17) is 4.52 Å². The molecule has 0 atom stereocenters. The predicted molar refractivity (Wildman–Crippen MR) is 111 cm³/mol. The summed E-state index contributed by atoms with van der Waals surface area (Å²) in [7, 11) is 0. The second-order valence-electron chi connectivity index (χ2n) is 8.37. The first-order chi connectivity index (χ1) is 15.1. The van der Waals surface area contributed by atoms with Crippen molar-refractivity contribution in [3.63, 3.8) is 0 Å². The number of carbonyl (C=O) groups is 1. The number of aromatic nitrogens is 3. The Labute approximate surface area is 178 Å². The smallest absolute Gasteiger partial charge is 0.276 e. The van der Waals surface area contributed by atoms with Crippen molar-refractivity contribution in [2.45, 2.75) is 38.1 Å². The Hall–Kier alpha value is -3.29. The highest BCUT2D eigenvalue weighted by Gasteiger charge is 2.31. The van der Waals surface area contributed by atoms with Gasteiger partial charge in [-0.3, -0.25) is 9.59 Å². The van der Waals surface area contributed by atoms with Gasteiger partial charge in [-0.2, -0.15) is 5.10 Å². The molecular formula is C23H23FN4O3. The molecule has 1 aliphatic heterocycles. The van der Waals surface area contributed by atoms with Crippen LogP contribution in [0, 0.1) is 11.7 Å². The van der Waals surface area contributed by atoms with E-state index in [9.17, 15) is 14.0 Å².